The lowest BCUT2D eigenvalue weighted by Crippen LogP contribution is -2.40. The van der Waals surface area contributed by atoms with Gasteiger partial charge >= 0.3 is 6.18 Å². The summed E-state index contributed by atoms with van der Waals surface area (Å²) in [5.41, 5.74) is 0.955. The minimum absolute atomic E-state index is 0.00710. The minimum atomic E-state index is -4.30. The second kappa shape index (κ2) is 13.3. The molecule has 2 fully saturated rings. The Hall–Kier alpha value is -3.39. The Morgan fingerprint density at radius 2 is 1.80 bits per heavy atom. The standard InChI is InChI=1S/C28H29Cl2F5N6O3/c29-18-9-4-14(11-36-24(42)13-2-1-3-13)21(30)22(18)39-27-38-19-10-17(26(40-23(19)41-27)44-12-20(31)32)25(43)37-16-7-5-15(6-8-16)28(33,34)35/h4,9-10,13,15-16,20H,1-3,5-8,11-12H2,(H,36,42)(H,37,43)(H2,38,39,40,41). The van der Waals surface area contributed by atoms with Crippen molar-refractivity contribution in [3.8, 4) is 5.88 Å². The summed E-state index contributed by atoms with van der Waals surface area (Å²) in [7, 11) is 0. The summed E-state index contributed by atoms with van der Waals surface area (Å²) in [6.45, 7) is -0.858. The van der Waals surface area contributed by atoms with Crippen molar-refractivity contribution < 1.29 is 36.3 Å². The molecule has 238 valence electrons. The molecular formula is C28H29Cl2F5N6O3. The predicted molar refractivity (Wildman–Crippen MR) is 154 cm³/mol. The summed E-state index contributed by atoms with van der Waals surface area (Å²) >= 11 is 13.0. The van der Waals surface area contributed by atoms with Crippen molar-refractivity contribution in [2.45, 2.75) is 70.1 Å². The van der Waals surface area contributed by atoms with Crippen LogP contribution in [0.5, 0.6) is 5.88 Å². The number of benzene rings is 1. The molecule has 0 radical (unpaired) electrons. The molecule has 0 aliphatic heterocycles. The van der Waals surface area contributed by atoms with Gasteiger partial charge < -0.3 is 25.7 Å². The Morgan fingerprint density at radius 1 is 1.07 bits per heavy atom. The van der Waals surface area contributed by atoms with Crippen LogP contribution in [-0.4, -0.2) is 52.0 Å². The van der Waals surface area contributed by atoms with E-state index in [0.717, 1.165) is 19.3 Å². The third-order valence-corrected chi connectivity index (χ3v) is 8.64. The van der Waals surface area contributed by atoms with E-state index in [1.807, 2.05) is 0 Å². The Balaban J connectivity index is 1.34. The van der Waals surface area contributed by atoms with Crippen LogP contribution >= 0.6 is 23.2 Å². The zero-order valence-electron chi connectivity index (χ0n) is 23.2. The number of hydrogen-bond donors (Lipinski definition) is 4. The molecule has 0 unspecified atom stereocenters. The number of amides is 2. The smallest absolute Gasteiger partial charge is 0.391 e. The molecular weight excluding hydrogens is 634 g/mol. The maximum atomic E-state index is 13.1. The summed E-state index contributed by atoms with van der Waals surface area (Å²) in [5, 5.41) is 9.00. The Morgan fingerprint density at radius 3 is 2.43 bits per heavy atom. The number of carbonyl (C=O) groups is 2. The van der Waals surface area contributed by atoms with Gasteiger partial charge in [0.25, 0.3) is 12.3 Å². The Kier molecular flexibility index (Phi) is 9.68. The molecule has 0 atom stereocenters. The maximum Gasteiger partial charge on any atom is 0.391 e. The molecule has 16 heteroatoms. The SMILES string of the molecule is O=C(NC1CCC(C(F)(F)F)CC1)c1cc2[nH]c(Nc3c(Cl)ccc(CNC(=O)C4CCC4)c3Cl)nc2nc1OCC(F)F. The first-order chi connectivity index (χ1) is 20.9. The highest BCUT2D eigenvalue weighted by molar-refractivity contribution is 6.39. The Labute approximate surface area is 258 Å². The molecule has 0 spiro atoms. The number of ether oxygens (including phenoxy) is 1. The number of anilines is 2. The largest absolute Gasteiger partial charge is 0.471 e. The first-order valence-electron chi connectivity index (χ1n) is 14.1. The number of H-pyrrole nitrogens is 1. The van der Waals surface area contributed by atoms with Gasteiger partial charge in [0, 0.05) is 18.5 Å². The summed E-state index contributed by atoms with van der Waals surface area (Å²) in [6.07, 6.45) is -4.45. The lowest BCUT2D eigenvalue weighted by atomic mass is 9.85. The van der Waals surface area contributed by atoms with Crippen molar-refractivity contribution in [1.82, 2.24) is 25.6 Å². The van der Waals surface area contributed by atoms with E-state index in [0.29, 0.717) is 5.56 Å². The number of alkyl halides is 5. The van der Waals surface area contributed by atoms with Crippen molar-refractivity contribution in [3.63, 3.8) is 0 Å². The van der Waals surface area contributed by atoms with Gasteiger partial charge in [-0.1, -0.05) is 35.7 Å². The average molecular weight is 663 g/mol. The number of hydrogen-bond acceptors (Lipinski definition) is 6. The van der Waals surface area contributed by atoms with Crippen LogP contribution in [0.2, 0.25) is 10.0 Å². The fourth-order valence-corrected chi connectivity index (χ4v) is 5.72. The zero-order valence-corrected chi connectivity index (χ0v) is 24.7. The molecule has 0 saturated heterocycles. The molecule has 2 saturated carbocycles. The summed E-state index contributed by atoms with van der Waals surface area (Å²) in [6, 6.07) is 4.06. The van der Waals surface area contributed by atoms with E-state index < -0.39 is 43.0 Å². The molecule has 2 amide bonds. The summed E-state index contributed by atoms with van der Waals surface area (Å²) in [5.74, 6) is -2.49. The number of nitrogens with zero attached hydrogens (tertiary/aromatic N) is 2. The molecule has 3 aromatic rings. The van der Waals surface area contributed by atoms with E-state index >= 15 is 0 Å². The third-order valence-electron chi connectivity index (χ3n) is 7.90. The number of imidazole rings is 1. The van der Waals surface area contributed by atoms with Gasteiger partial charge in [-0.05, 0) is 56.2 Å². The molecule has 4 N–H and O–H groups in total. The number of carbonyl (C=O) groups excluding carboxylic acids is 2. The number of aromatic amines is 1. The highest BCUT2D eigenvalue weighted by atomic mass is 35.5. The molecule has 1 aromatic carbocycles. The fourth-order valence-electron chi connectivity index (χ4n) is 5.19. The van der Waals surface area contributed by atoms with Crippen LogP contribution in [0.15, 0.2) is 18.2 Å². The van der Waals surface area contributed by atoms with Crippen molar-refractivity contribution >= 4 is 57.8 Å². The van der Waals surface area contributed by atoms with Crippen LogP contribution < -0.4 is 20.7 Å². The monoisotopic (exact) mass is 662 g/mol. The normalized spacial score (nSPS) is 19.1. The number of aromatic nitrogens is 3. The van der Waals surface area contributed by atoms with Crippen LogP contribution in [0.4, 0.5) is 33.6 Å². The minimum Gasteiger partial charge on any atom is -0.471 e. The van der Waals surface area contributed by atoms with Gasteiger partial charge in [0.15, 0.2) is 12.3 Å². The number of halogens is 7. The van der Waals surface area contributed by atoms with E-state index in [4.69, 9.17) is 27.9 Å². The molecule has 0 bridgehead atoms. The third kappa shape index (κ3) is 7.45. The first-order valence-corrected chi connectivity index (χ1v) is 14.9. The lowest BCUT2D eigenvalue weighted by Gasteiger charge is -2.30. The van der Waals surface area contributed by atoms with Gasteiger partial charge in [-0.3, -0.25) is 9.59 Å². The van der Waals surface area contributed by atoms with Crippen molar-refractivity contribution in [2.24, 2.45) is 11.8 Å². The van der Waals surface area contributed by atoms with E-state index in [-0.39, 0.29) is 82.5 Å². The second-order valence-electron chi connectivity index (χ2n) is 10.9. The van der Waals surface area contributed by atoms with Crippen LogP contribution in [0, 0.1) is 11.8 Å². The highest BCUT2D eigenvalue weighted by Crippen LogP contribution is 2.38. The first kappa shape index (κ1) is 32.0. The molecule has 2 aromatic heterocycles. The van der Waals surface area contributed by atoms with Crippen LogP contribution in [0.3, 0.4) is 0 Å². The van der Waals surface area contributed by atoms with E-state index in [1.165, 1.54) is 6.07 Å². The van der Waals surface area contributed by atoms with E-state index in [2.05, 4.69) is 30.9 Å². The fraction of sp³-hybridized carbons (Fsp3) is 0.500. The van der Waals surface area contributed by atoms with Gasteiger partial charge in [-0.25, -0.2) is 8.78 Å². The van der Waals surface area contributed by atoms with Crippen LogP contribution in [0.1, 0.15) is 60.9 Å². The van der Waals surface area contributed by atoms with Gasteiger partial charge in [-0.15, -0.1) is 0 Å². The molecule has 9 nitrogen and oxygen atoms in total. The molecule has 2 heterocycles. The van der Waals surface area contributed by atoms with Crippen LogP contribution in [-0.2, 0) is 11.3 Å². The van der Waals surface area contributed by atoms with Gasteiger partial charge in [0.1, 0.15) is 5.56 Å². The average Bonchev–Trinajstić information content (AvgIpc) is 3.33. The number of fused-ring (bicyclic) bond motifs is 1. The predicted octanol–water partition coefficient (Wildman–Crippen LogP) is 6.92. The number of rotatable bonds is 10. The summed E-state index contributed by atoms with van der Waals surface area (Å²) in [4.78, 5) is 36.8. The molecule has 2 aliphatic rings. The van der Waals surface area contributed by atoms with E-state index in [9.17, 15) is 31.5 Å². The van der Waals surface area contributed by atoms with Crippen molar-refractivity contribution in [1.29, 1.82) is 0 Å². The number of nitrogens with one attached hydrogen (secondary N) is 4. The Bertz CT molecular complexity index is 1520. The molecule has 5 rings (SSSR count). The van der Waals surface area contributed by atoms with Crippen molar-refractivity contribution in [3.05, 3.63) is 39.4 Å². The molecule has 44 heavy (non-hydrogen) atoms. The van der Waals surface area contributed by atoms with Crippen molar-refractivity contribution in [2.75, 3.05) is 11.9 Å². The van der Waals surface area contributed by atoms with Gasteiger partial charge in [0.05, 0.1) is 27.2 Å². The van der Waals surface area contributed by atoms with Crippen LogP contribution in [0.25, 0.3) is 11.2 Å². The van der Waals surface area contributed by atoms with E-state index in [1.54, 1.807) is 12.1 Å². The number of pyridine rings is 1. The summed E-state index contributed by atoms with van der Waals surface area (Å²) < 4.78 is 70.1. The lowest BCUT2D eigenvalue weighted by molar-refractivity contribution is -0.182. The topological polar surface area (TPSA) is 121 Å². The zero-order chi connectivity index (χ0) is 31.6. The molecule has 2 aliphatic carbocycles. The highest BCUT2D eigenvalue weighted by Gasteiger charge is 2.41. The maximum absolute atomic E-state index is 13.1. The van der Waals surface area contributed by atoms with Gasteiger partial charge in [0.2, 0.25) is 17.7 Å². The van der Waals surface area contributed by atoms with Gasteiger partial charge in [-0.2, -0.15) is 23.1 Å². The quantitative estimate of drug-likeness (QED) is 0.175. The second-order valence-corrected chi connectivity index (χ2v) is 11.7.